The van der Waals surface area contributed by atoms with Gasteiger partial charge in [-0.05, 0) is 19.8 Å². The molecule has 2 amide bonds. The molecule has 5 heteroatoms. The number of aliphatic hydroxyl groups is 1. The minimum absolute atomic E-state index is 0.170. The predicted octanol–water partition coefficient (Wildman–Crippen LogP) is 1.20. The third-order valence-electron chi connectivity index (χ3n) is 3.33. The minimum atomic E-state index is -0.872. The highest BCUT2D eigenvalue weighted by Crippen LogP contribution is 2.14. The number of amides is 2. The van der Waals surface area contributed by atoms with E-state index < -0.39 is 17.1 Å². The van der Waals surface area contributed by atoms with Crippen molar-refractivity contribution in [3.05, 3.63) is 0 Å². The summed E-state index contributed by atoms with van der Waals surface area (Å²) in [7, 11) is 0. The molecule has 0 fully saturated rings. The second-order valence-electron chi connectivity index (χ2n) is 6.09. The van der Waals surface area contributed by atoms with Gasteiger partial charge in [-0.3, -0.25) is 9.59 Å². The fourth-order valence-electron chi connectivity index (χ4n) is 1.38. The first-order valence-corrected chi connectivity index (χ1v) is 6.86. The van der Waals surface area contributed by atoms with Gasteiger partial charge in [0.2, 0.25) is 11.8 Å². The lowest BCUT2D eigenvalue weighted by Crippen LogP contribution is -2.51. The molecule has 0 aliphatic carbocycles. The van der Waals surface area contributed by atoms with Gasteiger partial charge < -0.3 is 15.7 Å². The van der Waals surface area contributed by atoms with E-state index in [1.165, 1.54) is 0 Å². The lowest BCUT2D eigenvalue weighted by molar-refractivity contribution is -0.133. The van der Waals surface area contributed by atoms with Crippen LogP contribution in [0.2, 0.25) is 0 Å². The van der Waals surface area contributed by atoms with E-state index in [0.717, 1.165) is 0 Å². The van der Waals surface area contributed by atoms with E-state index in [-0.39, 0.29) is 18.4 Å². The topological polar surface area (TPSA) is 78.4 Å². The second-order valence-corrected chi connectivity index (χ2v) is 6.09. The van der Waals surface area contributed by atoms with Crippen molar-refractivity contribution in [2.24, 2.45) is 5.41 Å². The van der Waals surface area contributed by atoms with Crippen LogP contribution in [0.4, 0.5) is 0 Å². The molecular weight excluding hydrogens is 244 g/mol. The minimum Gasteiger partial charge on any atom is -0.388 e. The molecule has 0 radical (unpaired) electrons. The first-order valence-electron chi connectivity index (χ1n) is 6.86. The molecule has 0 aliphatic heterocycles. The predicted molar refractivity (Wildman–Crippen MR) is 75.6 cm³/mol. The zero-order chi connectivity index (χ0) is 15.3. The van der Waals surface area contributed by atoms with Gasteiger partial charge in [0, 0.05) is 12.0 Å². The smallest absolute Gasteiger partial charge is 0.242 e. The Morgan fingerprint density at radius 2 is 1.63 bits per heavy atom. The third kappa shape index (κ3) is 6.05. The molecule has 0 bridgehead atoms. The first-order chi connectivity index (χ1) is 8.55. The Labute approximate surface area is 116 Å². The molecule has 1 atom stereocenters. The largest absolute Gasteiger partial charge is 0.388 e. The van der Waals surface area contributed by atoms with E-state index >= 15 is 0 Å². The van der Waals surface area contributed by atoms with Crippen molar-refractivity contribution in [2.45, 2.75) is 66.0 Å². The molecule has 19 heavy (non-hydrogen) atoms. The van der Waals surface area contributed by atoms with Gasteiger partial charge in [-0.2, -0.15) is 0 Å². The van der Waals surface area contributed by atoms with Gasteiger partial charge in [-0.15, -0.1) is 0 Å². The zero-order valence-corrected chi connectivity index (χ0v) is 13.0. The van der Waals surface area contributed by atoms with E-state index in [4.69, 9.17) is 0 Å². The summed E-state index contributed by atoms with van der Waals surface area (Å²) >= 11 is 0. The Morgan fingerprint density at radius 3 is 2.00 bits per heavy atom. The van der Waals surface area contributed by atoms with Crippen LogP contribution in [-0.2, 0) is 9.59 Å². The summed E-state index contributed by atoms with van der Waals surface area (Å²) in [5, 5.41) is 15.4. The van der Waals surface area contributed by atoms with Gasteiger partial charge in [0.15, 0.2) is 0 Å². The molecular formula is C14H28N2O3. The number of rotatable bonds is 6. The van der Waals surface area contributed by atoms with Crippen molar-refractivity contribution in [3.63, 3.8) is 0 Å². The van der Waals surface area contributed by atoms with Gasteiger partial charge in [0.25, 0.3) is 0 Å². The lowest BCUT2D eigenvalue weighted by Gasteiger charge is -2.27. The highest BCUT2D eigenvalue weighted by molar-refractivity contribution is 5.89. The second kappa shape index (κ2) is 6.89. The van der Waals surface area contributed by atoms with Crippen molar-refractivity contribution < 1.29 is 14.7 Å². The normalized spacial score (nSPS) is 13.8. The molecule has 0 aromatic carbocycles. The summed E-state index contributed by atoms with van der Waals surface area (Å²) in [6.45, 7) is 11.0. The van der Waals surface area contributed by atoms with Gasteiger partial charge in [0.05, 0.1) is 5.60 Å². The Hall–Kier alpha value is -1.10. The lowest BCUT2D eigenvalue weighted by atomic mass is 9.95. The average molecular weight is 272 g/mol. The fraction of sp³-hybridized carbons (Fsp3) is 0.857. The molecule has 112 valence electrons. The van der Waals surface area contributed by atoms with Crippen molar-refractivity contribution in [1.29, 1.82) is 0 Å². The molecule has 0 aromatic heterocycles. The number of carbonyl (C=O) groups excluding carboxylic acids is 2. The standard InChI is InChI=1S/C14H28N2O3/c1-7-14(19,8-2)9-15-11(17)10(3)16-12(18)13(4,5)6/h10,19H,7-9H2,1-6H3,(H,15,17)(H,16,18). The SMILES string of the molecule is CCC(O)(CC)CNC(=O)C(C)NC(=O)C(C)(C)C. The highest BCUT2D eigenvalue weighted by atomic mass is 16.3. The molecule has 0 spiro atoms. The molecule has 0 heterocycles. The summed E-state index contributed by atoms with van der Waals surface area (Å²) in [6, 6.07) is -0.607. The highest BCUT2D eigenvalue weighted by Gasteiger charge is 2.27. The van der Waals surface area contributed by atoms with Crippen LogP contribution >= 0.6 is 0 Å². The Kier molecular flexibility index (Phi) is 6.49. The first kappa shape index (κ1) is 17.9. The molecule has 1 unspecified atom stereocenters. The van der Waals surface area contributed by atoms with Gasteiger partial charge in [-0.25, -0.2) is 0 Å². The van der Waals surface area contributed by atoms with E-state index in [0.29, 0.717) is 12.8 Å². The molecule has 0 saturated carbocycles. The van der Waals surface area contributed by atoms with Crippen LogP contribution in [0.25, 0.3) is 0 Å². The molecule has 0 rings (SSSR count). The molecule has 3 N–H and O–H groups in total. The third-order valence-corrected chi connectivity index (χ3v) is 3.33. The van der Waals surface area contributed by atoms with Crippen LogP contribution in [0, 0.1) is 5.41 Å². The van der Waals surface area contributed by atoms with Crippen molar-refractivity contribution >= 4 is 11.8 Å². The Morgan fingerprint density at radius 1 is 1.16 bits per heavy atom. The summed E-state index contributed by atoms with van der Waals surface area (Å²) in [6.07, 6.45) is 1.15. The molecule has 0 saturated heterocycles. The van der Waals surface area contributed by atoms with Crippen molar-refractivity contribution in [3.8, 4) is 0 Å². The van der Waals surface area contributed by atoms with E-state index in [9.17, 15) is 14.7 Å². The van der Waals surface area contributed by atoms with Crippen LogP contribution in [0.3, 0.4) is 0 Å². The van der Waals surface area contributed by atoms with Gasteiger partial charge in [-0.1, -0.05) is 34.6 Å². The zero-order valence-electron chi connectivity index (χ0n) is 13.0. The quantitative estimate of drug-likeness (QED) is 0.680. The maximum atomic E-state index is 11.8. The van der Waals surface area contributed by atoms with Crippen LogP contribution < -0.4 is 10.6 Å². The van der Waals surface area contributed by atoms with Crippen molar-refractivity contribution in [1.82, 2.24) is 10.6 Å². The van der Waals surface area contributed by atoms with E-state index in [1.54, 1.807) is 27.7 Å². The maximum Gasteiger partial charge on any atom is 0.242 e. The number of nitrogens with one attached hydrogen (secondary N) is 2. The number of carbonyl (C=O) groups is 2. The number of hydrogen-bond acceptors (Lipinski definition) is 3. The summed E-state index contributed by atoms with van der Waals surface area (Å²) in [4.78, 5) is 23.6. The van der Waals surface area contributed by atoms with Crippen LogP contribution in [-0.4, -0.2) is 35.1 Å². The Balaban J connectivity index is 4.33. The summed E-state index contributed by atoms with van der Waals surface area (Å²) < 4.78 is 0. The van der Waals surface area contributed by atoms with Gasteiger partial charge >= 0.3 is 0 Å². The summed E-state index contributed by atoms with van der Waals surface area (Å²) in [5.74, 6) is -0.450. The molecule has 0 aliphatic rings. The van der Waals surface area contributed by atoms with Crippen molar-refractivity contribution in [2.75, 3.05) is 6.54 Å². The fourth-order valence-corrected chi connectivity index (χ4v) is 1.38. The van der Waals surface area contributed by atoms with E-state index in [2.05, 4.69) is 10.6 Å². The Bertz CT molecular complexity index is 317. The maximum absolute atomic E-state index is 11.8. The monoisotopic (exact) mass is 272 g/mol. The number of hydrogen-bond donors (Lipinski definition) is 3. The van der Waals surface area contributed by atoms with Crippen LogP contribution in [0.5, 0.6) is 0 Å². The van der Waals surface area contributed by atoms with E-state index in [1.807, 2.05) is 13.8 Å². The average Bonchev–Trinajstić information content (AvgIpc) is 2.34. The molecule has 5 nitrogen and oxygen atoms in total. The van der Waals surface area contributed by atoms with Gasteiger partial charge in [0.1, 0.15) is 6.04 Å². The molecule has 0 aromatic rings. The summed E-state index contributed by atoms with van der Waals surface area (Å²) in [5.41, 5.74) is -1.40. The van der Waals surface area contributed by atoms with Crippen LogP contribution in [0.1, 0.15) is 54.4 Å². The van der Waals surface area contributed by atoms with Crippen LogP contribution in [0.15, 0.2) is 0 Å².